The molecule has 0 bridgehead atoms. The number of methoxy groups -OCH3 is 1. The van der Waals surface area contributed by atoms with Gasteiger partial charge in [0, 0.05) is 17.9 Å². The molecule has 0 saturated heterocycles. The SMILES string of the molecule is COc1ccc(-n2c(SCc3ccc([N+](=O)[O-])cc3)nnc2-c2ccco2)cc1. The van der Waals surface area contributed by atoms with Crippen molar-refractivity contribution in [1.82, 2.24) is 14.8 Å². The van der Waals surface area contributed by atoms with Gasteiger partial charge in [-0.15, -0.1) is 10.2 Å². The Kier molecular flexibility index (Phi) is 5.30. The van der Waals surface area contributed by atoms with Gasteiger partial charge in [0.05, 0.1) is 24.0 Å². The summed E-state index contributed by atoms with van der Waals surface area (Å²) in [5.41, 5.74) is 1.89. The minimum absolute atomic E-state index is 0.0697. The van der Waals surface area contributed by atoms with Crippen LogP contribution in [0.15, 0.2) is 76.5 Å². The first-order valence-corrected chi connectivity index (χ1v) is 9.64. The van der Waals surface area contributed by atoms with Gasteiger partial charge in [-0.2, -0.15) is 0 Å². The van der Waals surface area contributed by atoms with Gasteiger partial charge in [0.15, 0.2) is 10.9 Å². The fraction of sp³-hybridized carbons (Fsp3) is 0.100. The lowest BCUT2D eigenvalue weighted by molar-refractivity contribution is -0.384. The maximum Gasteiger partial charge on any atom is 0.269 e. The van der Waals surface area contributed by atoms with Crippen LogP contribution in [0.2, 0.25) is 0 Å². The molecular weight excluding hydrogens is 392 g/mol. The number of nitro groups is 1. The highest BCUT2D eigenvalue weighted by Gasteiger charge is 2.18. The maximum atomic E-state index is 10.8. The van der Waals surface area contributed by atoms with Gasteiger partial charge in [0.25, 0.3) is 5.69 Å². The van der Waals surface area contributed by atoms with Crippen LogP contribution in [0.5, 0.6) is 5.75 Å². The summed E-state index contributed by atoms with van der Waals surface area (Å²) in [6.07, 6.45) is 1.59. The zero-order chi connectivity index (χ0) is 20.2. The monoisotopic (exact) mass is 408 g/mol. The topological polar surface area (TPSA) is 96.2 Å². The summed E-state index contributed by atoms with van der Waals surface area (Å²) in [5.74, 6) is 2.54. The van der Waals surface area contributed by atoms with E-state index in [-0.39, 0.29) is 5.69 Å². The molecule has 2 aromatic carbocycles. The molecule has 2 aromatic heterocycles. The molecule has 9 heteroatoms. The van der Waals surface area contributed by atoms with Gasteiger partial charge in [-0.05, 0) is 42.0 Å². The number of nitrogens with zero attached hydrogens (tertiary/aromatic N) is 4. The molecule has 0 fully saturated rings. The molecular formula is C20H16N4O4S. The Morgan fingerprint density at radius 2 is 1.86 bits per heavy atom. The molecule has 4 rings (SSSR count). The van der Waals surface area contributed by atoms with E-state index in [2.05, 4.69) is 10.2 Å². The van der Waals surface area contributed by atoms with E-state index in [0.29, 0.717) is 22.5 Å². The Hall–Kier alpha value is -3.59. The van der Waals surface area contributed by atoms with Crippen LogP contribution >= 0.6 is 11.8 Å². The Morgan fingerprint density at radius 1 is 1.10 bits per heavy atom. The number of hydrogen-bond donors (Lipinski definition) is 0. The van der Waals surface area contributed by atoms with Crippen LogP contribution in [0.3, 0.4) is 0 Å². The van der Waals surface area contributed by atoms with Crippen molar-refractivity contribution in [3.8, 4) is 23.0 Å². The third kappa shape index (κ3) is 3.99. The second-order valence-corrected chi connectivity index (χ2v) is 6.97. The molecule has 0 aliphatic rings. The molecule has 0 aliphatic carbocycles. The predicted octanol–water partition coefficient (Wildman–Crippen LogP) is 4.74. The van der Waals surface area contributed by atoms with Gasteiger partial charge in [0.1, 0.15) is 5.75 Å². The number of furan rings is 1. The van der Waals surface area contributed by atoms with E-state index < -0.39 is 4.92 Å². The first-order valence-electron chi connectivity index (χ1n) is 8.65. The van der Waals surface area contributed by atoms with Gasteiger partial charge in [-0.1, -0.05) is 23.9 Å². The number of nitro benzene ring substituents is 1. The molecule has 0 radical (unpaired) electrons. The lowest BCUT2D eigenvalue weighted by atomic mass is 10.2. The number of benzene rings is 2. The molecule has 146 valence electrons. The Labute approximate surface area is 170 Å². The minimum Gasteiger partial charge on any atom is -0.497 e. The van der Waals surface area contributed by atoms with E-state index in [1.165, 1.54) is 23.9 Å². The van der Waals surface area contributed by atoms with Crippen molar-refractivity contribution in [2.24, 2.45) is 0 Å². The molecule has 4 aromatic rings. The van der Waals surface area contributed by atoms with Crippen LogP contribution in [0.4, 0.5) is 5.69 Å². The van der Waals surface area contributed by atoms with Crippen molar-refractivity contribution in [2.75, 3.05) is 7.11 Å². The van der Waals surface area contributed by atoms with Gasteiger partial charge < -0.3 is 9.15 Å². The average molecular weight is 408 g/mol. The van der Waals surface area contributed by atoms with Crippen LogP contribution < -0.4 is 4.74 Å². The second-order valence-electron chi connectivity index (χ2n) is 6.03. The average Bonchev–Trinajstić information content (AvgIpc) is 3.42. The molecule has 8 nitrogen and oxygen atoms in total. The van der Waals surface area contributed by atoms with Crippen LogP contribution in [-0.2, 0) is 5.75 Å². The molecule has 2 heterocycles. The van der Waals surface area contributed by atoms with E-state index in [0.717, 1.165) is 17.0 Å². The number of rotatable bonds is 7. The number of ether oxygens (including phenoxy) is 1. The van der Waals surface area contributed by atoms with Crippen LogP contribution in [0.25, 0.3) is 17.3 Å². The summed E-state index contributed by atoms with van der Waals surface area (Å²) >= 11 is 1.48. The highest BCUT2D eigenvalue weighted by molar-refractivity contribution is 7.98. The first-order chi connectivity index (χ1) is 14.2. The van der Waals surface area contributed by atoms with Gasteiger partial charge in [0.2, 0.25) is 5.82 Å². The van der Waals surface area contributed by atoms with E-state index in [1.54, 1.807) is 31.6 Å². The van der Waals surface area contributed by atoms with Gasteiger partial charge >= 0.3 is 0 Å². The summed E-state index contributed by atoms with van der Waals surface area (Å²) in [4.78, 5) is 10.4. The fourth-order valence-electron chi connectivity index (χ4n) is 2.75. The predicted molar refractivity (Wildman–Crippen MR) is 108 cm³/mol. The summed E-state index contributed by atoms with van der Waals surface area (Å²) in [6.45, 7) is 0. The van der Waals surface area contributed by atoms with Crippen molar-refractivity contribution < 1.29 is 14.1 Å². The van der Waals surface area contributed by atoms with E-state index in [1.807, 2.05) is 34.9 Å². The first kappa shape index (κ1) is 18.8. The number of non-ortho nitro benzene ring substituents is 1. The largest absolute Gasteiger partial charge is 0.497 e. The fourth-order valence-corrected chi connectivity index (χ4v) is 3.66. The lowest BCUT2D eigenvalue weighted by Crippen LogP contribution is -1.99. The molecule has 0 unspecified atom stereocenters. The second kappa shape index (κ2) is 8.19. The third-order valence-electron chi connectivity index (χ3n) is 4.22. The molecule has 0 atom stereocenters. The highest BCUT2D eigenvalue weighted by Crippen LogP contribution is 2.31. The third-order valence-corrected chi connectivity index (χ3v) is 5.22. The van der Waals surface area contributed by atoms with Crippen molar-refractivity contribution in [1.29, 1.82) is 0 Å². The van der Waals surface area contributed by atoms with Crippen molar-refractivity contribution in [3.05, 3.63) is 82.6 Å². The Bertz CT molecular complexity index is 1110. The molecule has 0 saturated carbocycles. The van der Waals surface area contributed by atoms with Gasteiger partial charge in [-0.25, -0.2) is 0 Å². The van der Waals surface area contributed by atoms with Crippen molar-refractivity contribution in [3.63, 3.8) is 0 Å². The molecule has 0 spiro atoms. The number of aromatic nitrogens is 3. The summed E-state index contributed by atoms with van der Waals surface area (Å²) in [7, 11) is 1.62. The van der Waals surface area contributed by atoms with E-state index >= 15 is 0 Å². The smallest absolute Gasteiger partial charge is 0.269 e. The zero-order valence-electron chi connectivity index (χ0n) is 15.4. The summed E-state index contributed by atoms with van der Waals surface area (Å²) < 4.78 is 12.7. The zero-order valence-corrected chi connectivity index (χ0v) is 16.2. The Morgan fingerprint density at radius 3 is 2.48 bits per heavy atom. The molecule has 29 heavy (non-hydrogen) atoms. The quantitative estimate of drug-likeness (QED) is 0.248. The van der Waals surface area contributed by atoms with Gasteiger partial charge in [-0.3, -0.25) is 14.7 Å². The minimum atomic E-state index is -0.410. The standard InChI is InChI=1S/C20H16N4O4S/c1-27-17-10-8-15(9-11-17)23-19(18-3-2-12-28-18)21-22-20(23)29-13-14-4-6-16(7-5-14)24(25)26/h2-12H,13H2,1H3. The van der Waals surface area contributed by atoms with E-state index in [9.17, 15) is 10.1 Å². The Balaban J connectivity index is 1.64. The van der Waals surface area contributed by atoms with E-state index in [4.69, 9.17) is 9.15 Å². The number of hydrogen-bond acceptors (Lipinski definition) is 7. The number of thioether (sulfide) groups is 1. The van der Waals surface area contributed by atoms with Crippen LogP contribution in [-0.4, -0.2) is 26.8 Å². The van der Waals surface area contributed by atoms with Crippen molar-refractivity contribution in [2.45, 2.75) is 10.9 Å². The van der Waals surface area contributed by atoms with Crippen LogP contribution in [0, 0.1) is 10.1 Å². The maximum absolute atomic E-state index is 10.8. The lowest BCUT2D eigenvalue weighted by Gasteiger charge is -2.10. The molecule has 0 aliphatic heterocycles. The summed E-state index contributed by atoms with van der Waals surface area (Å²) in [5, 5.41) is 20.1. The van der Waals surface area contributed by atoms with Crippen molar-refractivity contribution >= 4 is 17.4 Å². The molecule has 0 amide bonds. The molecule has 0 N–H and O–H groups in total. The highest BCUT2D eigenvalue weighted by atomic mass is 32.2. The normalized spacial score (nSPS) is 10.8. The van der Waals surface area contributed by atoms with Crippen LogP contribution in [0.1, 0.15) is 5.56 Å². The summed E-state index contributed by atoms with van der Waals surface area (Å²) in [6, 6.07) is 17.7.